The van der Waals surface area contributed by atoms with E-state index >= 15 is 0 Å². The average Bonchev–Trinajstić information content (AvgIpc) is 3.35. The van der Waals surface area contributed by atoms with Crippen LogP contribution in [-0.2, 0) is 30.3 Å². The number of alkyl halides is 2. The molecule has 0 aliphatic carbocycles. The third kappa shape index (κ3) is 4.65. The molecule has 0 aliphatic heterocycles. The first-order valence-electron chi connectivity index (χ1n) is 10.2. The standard InChI is InChI=1S/C24H22F2N2O3S/c1-3-19-21(32-23(27-19)15-4-6-17(7-5-15)24(2,25)26)14-31-18-8-9-20-16(12-18)10-11-28(20)13-22(29)30/h4-12H,3,13-14H2,1-2H3,(H,29,30). The van der Waals surface area contributed by atoms with Gasteiger partial charge in [-0.2, -0.15) is 0 Å². The molecule has 4 rings (SSSR count). The second-order valence-electron chi connectivity index (χ2n) is 7.55. The first-order valence-corrected chi connectivity index (χ1v) is 11.0. The van der Waals surface area contributed by atoms with Gasteiger partial charge in [-0.15, -0.1) is 11.3 Å². The predicted molar refractivity (Wildman–Crippen MR) is 120 cm³/mol. The van der Waals surface area contributed by atoms with Crippen LogP contribution in [0, 0.1) is 0 Å². The van der Waals surface area contributed by atoms with Crippen molar-refractivity contribution in [3.05, 3.63) is 70.9 Å². The Morgan fingerprint density at radius 3 is 2.59 bits per heavy atom. The van der Waals surface area contributed by atoms with Crippen molar-refractivity contribution in [2.24, 2.45) is 0 Å². The molecule has 1 N–H and O–H groups in total. The highest BCUT2D eigenvalue weighted by Crippen LogP contribution is 2.33. The fraction of sp³-hybridized carbons (Fsp3) is 0.250. The summed E-state index contributed by atoms with van der Waals surface area (Å²) < 4.78 is 34.6. The van der Waals surface area contributed by atoms with Gasteiger partial charge in [0.15, 0.2) is 0 Å². The van der Waals surface area contributed by atoms with E-state index in [1.807, 2.05) is 31.2 Å². The number of nitrogens with zero attached hydrogens (tertiary/aromatic N) is 2. The summed E-state index contributed by atoms with van der Waals surface area (Å²) in [7, 11) is 0. The summed E-state index contributed by atoms with van der Waals surface area (Å²) in [5.74, 6) is -3.09. The molecule has 0 unspecified atom stereocenters. The van der Waals surface area contributed by atoms with Gasteiger partial charge in [0, 0.05) is 35.2 Å². The number of ether oxygens (including phenoxy) is 1. The van der Waals surface area contributed by atoms with E-state index in [9.17, 15) is 13.6 Å². The summed E-state index contributed by atoms with van der Waals surface area (Å²) in [5, 5.41) is 10.7. The van der Waals surface area contributed by atoms with E-state index in [2.05, 4.69) is 4.98 Å². The van der Waals surface area contributed by atoms with E-state index in [-0.39, 0.29) is 12.1 Å². The van der Waals surface area contributed by atoms with Crippen LogP contribution in [0.25, 0.3) is 21.5 Å². The molecule has 2 aromatic carbocycles. The average molecular weight is 457 g/mol. The quantitative estimate of drug-likeness (QED) is 0.348. The number of halogens is 2. The number of benzene rings is 2. The Balaban J connectivity index is 1.51. The first kappa shape index (κ1) is 22.0. The lowest BCUT2D eigenvalue weighted by Gasteiger charge is -2.10. The Morgan fingerprint density at radius 2 is 1.94 bits per heavy atom. The topological polar surface area (TPSA) is 64.4 Å². The van der Waals surface area contributed by atoms with Crippen LogP contribution in [0.15, 0.2) is 54.7 Å². The number of carbonyl (C=O) groups is 1. The summed E-state index contributed by atoms with van der Waals surface area (Å²) in [6, 6.07) is 13.6. The number of hydrogen-bond donors (Lipinski definition) is 1. The van der Waals surface area contributed by atoms with E-state index in [0.29, 0.717) is 12.4 Å². The zero-order chi connectivity index (χ0) is 22.9. The van der Waals surface area contributed by atoms with Crippen LogP contribution >= 0.6 is 11.3 Å². The maximum absolute atomic E-state index is 13.5. The number of carboxylic acids is 1. The second-order valence-corrected chi connectivity index (χ2v) is 8.64. The SMILES string of the molecule is CCc1nc(-c2ccc(C(C)(F)F)cc2)sc1COc1ccc2c(ccn2CC(=O)O)c1. The molecule has 8 heteroatoms. The first-order chi connectivity index (χ1) is 15.2. The van der Waals surface area contributed by atoms with E-state index in [4.69, 9.17) is 9.84 Å². The lowest BCUT2D eigenvalue weighted by molar-refractivity contribution is -0.137. The summed E-state index contributed by atoms with van der Waals surface area (Å²) in [6.07, 6.45) is 2.48. The number of aliphatic carboxylic acids is 1. The number of thiazole rings is 1. The molecule has 0 fully saturated rings. The Labute approximate surface area is 187 Å². The molecule has 0 saturated heterocycles. The predicted octanol–water partition coefficient (Wildman–Crippen LogP) is 6.10. The fourth-order valence-corrected chi connectivity index (χ4v) is 4.57. The van der Waals surface area contributed by atoms with E-state index in [0.717, 1.165) is 45.4 Å². The minimum atomic E-state index is -2.87. The molecule has 0 atom stereocenters. The van der Waals surface area contributed by atoms with Crippen LogP contribution in [0.1, 0.15) is 30.0 Å². The molecular formula is C24H22F2N2O3S. The van der Waals surface area contributed by atoms with Crippen molar-refractivity contribution < 1.29 is 23.4 Å². The molecule has 0 spiro atoms. The minimum Gasteiger partial charge on any atom is -0.488 e. The Hall–Kier alpha value is -3.26. The third-order valence-electron chi connectivity index (χ3n) is 5.17. The zero-order valence-corrected chi connectivity index (χ0v) is 18.5. The number of aryl methyl sites for hydroxylation is 1. The monoisotopic (exact) mass is 456 g/mol. The van der Waals surface area contributed by atoms with Gasteiger partial charge in [0.25, 0.3) is 5.92 Å². The van der Waals surface area contributed by atoms with Crippen molar-refractivity contribution in [2.75, 3.05) is 0 Å². The molecule has 0 amide bonds. The highest BCUT2D eigenvalue weighted by atomic mass is 32.1. The van der Waals surface area contributed by atoms with Gasteiger partial charge in [0.05, 0.1) is 10.6 Å². The van der Waals surface area contributed by atoms with Crippen LogP contribution in [0.4, 0.5) is 8.78 Å². The van der Waals surface area contributed by atoms with Gasteiger partial charge in [0.2, 0.25) is 0 Å². The third-order valence-corrected chi connectivity index (χ3v) is 6.29. The van der Waals surface area contributed by atoms with Crippen molar-refractivity contribution in [2.45, 2.75) is 39.3 Å². The van der Waals surface area contributed by atoms with Gasteiger partial charge in [0.1, 0.15) is 23.9 Å². The maximum Gasteiger partial charge on any atom is 0.323 e. The van der Waals surface area contributed by atoms with Crippen LogP contribution < -0.4 is 4.74 Å². The van der Waals surface area contributed by atoms with Crippen LogP contribution in [-0.4, -0.2) is 20.6 Å². The molecule has 0 radical (unpaired) electrons. The summed E-state index contributed by atoms with van der Waals surface area (Å²) >= 11 is 1.49. The van der Waals surface area contributed by atoms with Gasteiger partial charge in [-0.05, 0) is 30.7 Å². The highest BCUT2D eigenvalue weighted by molar-refractivity contribution is 7.15. The maximum atomic E-state index is 13.5. The van der Waals surface area contributed by atoms with Crippen molar-refractivity contribution in [3.63, 3.8) is 0 Å². The zero-order valence-electron chi connectivity index (χ0n) is 17.6. The smallest absolute Gasteiger partial charge is 0.323 e. The van der Waals surface area contributed by atoms with Gasteiger partial charge in [-0.3, -0.25) is 4.79 Å². The largest absolute Gasteiger partial charge is 0.488 e. The van der Waals surface area contributed by atoms with Crippen molar-refractivity contribution >= 4 is 28.2 Å². The molecule has 32 heavy (non-hydrogen) atoms. The minimum absolute atomic E-state index is 0.0235. The molecule has 166 valence electrons. The van der Waals surface area contributed by atoms with Crippen molar-refractivity contribution in [1.29, 1.82) is 0 Å². The van der Waals surface area contributed by atoms with E-state index in [1.54, 1.807) is 22.9 Å². The van der Waals surface area contributed by atoms with E-state index < -0.39 is 11.9 Å². The summed E-state index contributed by atoms with van der Waals surface area (Å²) in [4.78, 5) is 16.6. The number of fused-ring (bicyclic) bond motifs is 1. The highest BCUT2D eigenvalue weighted by Gasteiger charge is 2.24. The molecule has 4 aromatic rings. The summed E-state index contributed by atoms with van der Waals surface area (Å²) in [5.41, 5.74) is 2.52. The number of rotatable bonds is 8. The normalized spacial score (nSPS) is 11.8. The van der Waals surface area contributed by atoms with E-state index in [1.165, 1.54) is 23.5 Å². The van der Waals surface area contributed by atoms with Gasteiger partial charge in [-0.1, -0.05) is 31.2 Å². The van der Waals surface area contributed by atoms with Crippen molar-refractivity contribution in [3.8, 4) is 16.3 Å². The van der Waals surface area contributed by atoms with Gasteiger partial charge >= 0.3 is 5.97 Å². The van der Waals surface area contributed by atoms with Gasteiger partial charge < -0.3 is 14.4 Å². The van der Waals surface area contributed by atoms with Gasteiger partial charge in [-0.25, -0.2) is 13.8 Å². The van der Waals surface area contributed by atoms with Crippen LogP contribution in [0.5, 0.6) is 5.75 Å². The second kappa shape index (κ2) is 8.70. The number of aromatic nitrogens is 2. The fourth-order valence-electron chi connectivity index (χ4n) is 3.50. The summed E-state index contributed by atoms with van der Waals surface area (Å²) in [6.45, 7) is 3.14. The number of hydrogen-bond acceptors (Lipinski definition) is 4. The Bertz CT molecular complexity index is 1260. The molecular weight excluding hydrogens is 434 g/mol. The molecule has 2 heterocycles. The Kier molecular flexibility index (Phi) is 5.97. The number of carboxylic acid groups (broad SMARTS) is 1. The Morgan fingerprint density at radius 1 is 1.19 bits per heavy atom. The molecule has 5 nitrogen and oxygen atoms in total. The lowest BCUT2D eigenvalue weighted by atomic mass is 10.1. The molecule has 0 aliphatic rings. The lowest BCUT2D eigenvalue weighted by Crippen LogP contribution is -2.07. The van der Waals surface area contributed by atoms with Crippen LogP contribution in [0.3, 0.4) is 0 Å². The van der Waals surface area contributed by atoms with Crippen molar-refractivity contribution in [1.82, 2.24) is 9.55 Å². The molecule has 0 saturated carbocycles. The molecule has 2 aromatic heterocycles. The van der Waals surface area contributed by atoms with Crippen LogP contribution in [0.2, 0.25) is 0 Å². The molecule has 0 bridgehead atoms.